The molecule has 0 aliphatic rings. The van der Waals surface area contributed by atoms with Gasteiger partial charge in [-0.25, -0.2) is 9.37 Å². The van der Waals surface area contributed by atoms with Gasteiger partial charge in [0.15, 0.2) is 0 Å². The number of aromatic nitrogens is 1. The van der Waals surface area contributed by atoms with Gasteiger partial charge in [-0.2, -0.15) is 0 Å². The predicted molar refractivity (Wildman–Crippen MR) is 71.9 cm³/mol. The minimum absolute atomic E-state index is 0.220. The molecular formula is C14H16FN3. The standard InChI is InChI=1S/C14H16FN3/c1-10-13(16)6-7-14(17-10)18(2)9-11-4-3-5-12(15)8-11/h3-8H,9,16H2,1-2H3. The van der Waals surface area contributed by atoms with Crippen LogP contribution < -0.4 is 10.6 Å². The molecule has 0 saturated carbocycles. The van der Waals surface area contributed by atoms with Crippen LogP contribution in [0.1, 0.15) is 11.3 Å². The summed E-state index contributed by atoms with van der Waals surface area (Å²) in [4.78, 5) is 6.36. The highest BCUT2D eigenvalue weighted by Gasteiger charge is 2.05. The molecule has 0 aliphatic heterocycles. The summed E-state index contributed by atoms with van der Waals surface area (Å²) in [5, 5.41) is 0. The molecule has 2 rings (SSSR count). The van der Waals surface area contributed by atoms with Crippen LogP contribution in [-0.4, -0.2) is 12.0 Å². The van der Waals surface area contributed by atoms with Crippen LogP contribution in [0.3, 0.4) is 0 Å². The van der Waals surface area contributed by atoms with Crippen molar-refractivity contribution < 1.29 is 4.39 Å². The Bertz CT molecular complexity index is 554. The molecule has 2 aromatic rings. The summed E-state index contributed by atoms with van der Waals surface area (Å²) in [6.45, 7) is 2.48. The molecule has 0 spiro atoms. The third-order valence-electron chi connectivity index (χ3n) is 2.81. The maximum atomic E-state index is 13.1. The Morgan fingerprint density at radius 1 is 1.28 bits per heavy atom. The van der Waals surface area contributed by atoms with Gasteiger partial charge in [0.2, 0.25) is 0 Å². The quantitative estimate of drug-likeness (QED) is 0.904. The lowest BCUT2D eigenvalue weighted by Gasteiger charge is -2.19. The average Bonchev–Trinajstić information content (AvgIpc) is 2.32. The smallest absolute Gasteiger partial charge is 0.128 e. The largest absolute Gasteiger partial charge is 0.397 e. The number of benzene rings is 1. The average molecular weight is 245 g/mol. The second kappa shape index (κ2) is 5.04. The van der Waals surface area contributed by atoms with Crippen LogP contribution in [0, 0.1) is 12.7 Å². The summed E-state index contributed by atoms with van der Waals surface area (Å²) < 4.78 is 13.1. The fraction of sp³-hybridized carbons (Fsp3) is 0.214. The van der Waals surface area contributed by atoms with Crippen molar-refractivity contribution in [2.75, 3.05) is 17.7 Å². The zero-order chi connectivity index (χ0) is 13.1. The van der Waals surface area contributed by atoms with Gasteiger partial charge < -0.3 is 10.6 Å². The second-order valence-electron chi connectivity index (χ2n) is 4.33. The van der Waals surface area contributed by atoms with Gasteiger partial charge >= 0.3 is 0 Å². The molecule has 0 radical (unpaired) electrons. The van der Waals surface area contributed by atoms with Crippen molar-refractivity contribution in [3.8, 4) is 0 Å². The highest BCUT2D eigenvalue weighted by molar-refractivity contribution is 5.50. The molecule has 0 amide bonds. The summed E-state index contributed by atoms with van der Waals surface area (Å²) in [6, 6.07) is 10.3. The number of pyridine rings is 1. The number of hydrogen-bond acceptors (Lipinski definition) is 3. The van der Waals surface area contributed by atoms with Crippen molar-refractivity contribution in [1.82, 2.24) is 4.98 Å². The zero-order valence-electron chi connectivity index (χ0n) is 10.5. The van der Waals surface area contributed by atoms with Crippen LogP contribution in [0.15, 0.2) is 36.4 Å². The summed E-state index contributed by atoms with van der Waals surface area (Å²) in [5.74, 6) is 0.605. The number of rotatable bonds is 3. The topological polar surface area (TPSA) is 42.2 Å². The van der Waals surface area contributed by atoms with E-state index in [0.717, 1.165) is 17.1 Å². The van der Waals surface area contributed by atoms with Gasteiger partial charge in [-0.1, -0.05) is 12.1 Å². The third-order valence-corrected chi connectivity index (χ3v) is 2.81. The molecule has 0 saturated heterocycles. The van der Waals surface area contributed by atoms with E-state index in [9.17, 15) is 4.39 Å². The second-order valence-corrected chi connectivity index (χ2v) is 4.33. The van der Waals surface area contributed by atoms with E-state index in [4.69, 9.17) is 5.73 Å². The monoisotopic (exact) mass is 245 g/mol. The van der Waals surface area contributed by atoms with Gasteiger partial charge in [-0.05, 0) is 36.8 Å². The molecule has 1 aromatic carbocycles. The van der Waals surface area contributed by atoms with E-state index >= 15 is 0 Å². The van der Waals surface area contributed by atoms with Crippen LogP contribution in [0.4, 0.5) is 15.9 Å². The Balaban J connectivity index is 2.16. The first-order valence-corrected chi connectivity index (χ1v) is 5.75. The van der Waals surface area contributed by atoms with Crippen molar-refractivity contribution in [3.63, 3.8) is 0 Å². The van der Waals surface area contributed by atoms with E-state index < -0.39 is 0 Å². The predicted octanol–water partition coefficient (Wildman–Crippen LogP) is 2.75. The van der Waals surface area contributed by atoms with Gasteiger partial charge in [0, 0.05) is 13.6 Å². The molecule has 94 valence electrons. The normalized spacial score (nSPS) is 10.4. The molecule has 0 fully saturated rings. The molecule has 0 aliphatic carbocycles. The van der Waals surface area contributed by atoms with Gasteiger partial charge in [-0.3, -0.25) is 0 Å². The Morgan fingerprint density at radius 2 is 2.06 bits per heavy atom. The van der Waals surface area contributed by atoms with Crippen molar-refractivity contribution in [1.29, 1.82) is 0 Å². The summed E-state index contributed by atoms with van der Waals surface area (Å²) in [5.41, 5.74) is 8.12. The SMILES string of the molecule is Cc1nc(N(C)Cc2cccc(F)c2)ccc1N. The lowest BCUT2D eigenvalue weighted by atomic mass is 10.2. The molecule has 0 atom stereocenters. The Labute approximate surface area is 106 Å². The van der Waals surface area contributed by atoms with E-state index in [2.05, 4.69) is 4.98 Å². The van der Waals surface area contributed by atoms with E-state index in [0.29, 0.717) is 12.2 Å². The molecule has 0 bridgehead atoms. The number of nitrogens with two attached hydrogens (primary N) is 1. The van der Waals surface area contributed by atoms with E-state index in [1.807, 2.05) is 37.1 Å². The first kappa shape index (κ1) is 12.4. The number of nitrogens with zero attached hydrogens (tertiary/aromatic N) is 2. The zero-order valence-corrected chi connectivity index (χ0v) is 10.5. The van der Waals surface area contributed by atoms with Gasteiger partial charge in [0.1, 0.15) is 11.6 Å². The van der Waals surface area contributed by atoms with Gasteiger partial charge in [0.05, 0.1) is 11.4 Å². The van der Waals surface area contributed by atoms with Gasteiger partial charge in [-0.15, -0.1) is 0 Å². The van der Waals surface area contributed by atoms with Crippen LogP contribution in [0.25, 0.3) is 0 Å². The summed E-state index contributed by atoms with van der Waals surface area (Å²) >= 11 is 0. The fourth-order valence-corrected chi connectivity index (χ4v) is 1.76. The number of halogens is 1. The maximum Gasteiger partial charge on any atom is 0.128 e. The molecule has 4 heteroatoms. The van der Waals surface area contributed by atoms with Crippen LogP contribution in [0.5, 0.6) is 0 Å². The van der Waals surface area contributed by atoms with Crippen LogP contribution in [-0.2, 0) is 6.54 Å². The van der Waals surface area contributed by atoms with E-state index in [-0.39, 0.29) is 5.82 Å². The van der Waals surface area contributed by atoms with Crippen molar-refractivity contribution >= 4 is 11.5 Å². The Kier molecular flexibility index (Phi) is 3.46. The number of aryl methyl sites for hydroxylation is 1. The van der Waals surface area contributed by atoms with Crippen molar-refractivity contribution in [3.05, 3.63) is 53.5 Å². The molecule has 2 N–H and O–H groups in total. The molecular weight excluding hydrogens is 229 g/mol. The van der Waals surface area contributed by atoms with Gasteiger partial charge in [0.25, 0.3) is 0 Å². The minimum atomic E-state index is -0.220. The molecule has 0 unspecified atom stereocenters. The Hall–Kier alpha value is -2.10. The van der Waals surface area contributed by atoms with E-state index in [1.165, 1.54) is 12.1 Å². The first-order valence-electron chi connectivity index (χ1n) is 5.75. The number of hydrogen-bond donors (Lipinski definition) is 1. The lowest BCUT2D eigenvalue weighted by Crippen LogP contribution is -2.18. The number of nitrogen functional groups attached to an aromatic ring is 1. The first-order chi connectivity index (χ1) is 8.56. The van der Waals surface area contributed by atoms with Crippen molar-refractivity contribution in [2.45, 2.75) is 13.5 Å². The third kappa shape index (κ3) is 2.77. The fourth-order valence-electron chi connectivity index (χ4n) is 1.76. The highest BCUT2D eigenvalue weighted by Crippen LogP contribution is 2.17. The lowest BCUT2D eigenvalue weighted by molar-refractivity contribution is 0.625. The maximum absolute atomic E-state index is 13.1. The summed E-state index contributed by atoms with van der Waals surface area (Å²) in [6.07, 6.45) is 0. The number of anilines is 2. The van der Waals surface area contributed by atoms with Crippen LogP contribution in [0.2, 0.25) is 0 Å². The van der Waals surface area contributed by atoms with E-state index in [1.54, 1.807) is 6.07 Å². The van der Waals surface area contributed by atoms with Crippen molar-refractivity contribution in [2.24, 2.45) is 0 Å². The molecule has 18 heavy (non-hydrogen) atoms. The Morgan fingerprint density at radius 3 is 2.72 bits per heavy atom. The molecule has 3 nitrogen and oxygen atoms in total. The highest BCUT2D eigenvalue weighted by atomic mass is 19.1. The minimum Gasteiger partial charge on any atom is -0.397 e. The summed E-state index contributed by atoms with van der Waals surface area (Å²) in [7, 11) is 1.92. The molecule has 1 heterocycles. The van der Waals surface area contributed by atoms with Crippen LogP contribution >= 0.6 is 0 Å². The molecule has 1 aromatic heterocycles.